The van der Waals surface area contributed by atoms with Crippen molar-refractivity contribution in [2.75, 3.05) is 4.90 Å². The first-order chi connectivity index (χ1) is 14.0. The SMILES string of the molecule is CCCCCC(=O)C1C(=O)C(=O)N(c2ccc3nc[nH]c3c2)C1c1ccc(C)o1. The lowest BCUT2D eigenvalue weighted by Crippen LogP contribution is -2.30. The first-order valence-electron chi connectivity index (χ1n) is 9.91. The Morgan fingerprint density at radius 3 is 2.76 bits per heavy atom. The van der Waals surface area contributed by atoms with Gasteiger partial charge in [-0.25, -0.2) is 4.98 Å². The molecule has 1 saturated heterocycles. The molecule has 7 nitrogen and oxygen atoms in total. The Balaban J connectivity index is 1.77. The van der Waals surface area contributed by atoms with Gasteiger partial charge >= 0.3 is 0 Å². The maximum Gasteiger partial charge on any atom is 0.295 e. The molecule has 0 aliphatic carbocycles. The van der Waals surface area contributed by atoms with Crippen molar-refractivity contribution in [1.29, 1.82) is 0 Å². The highest BCUT2D eigenvalue weighted by atomic mass is 16.3. The van der Waals surface area contributed by atoms with Crippen LogP contribution >= 0.6 is 0 Å². The van der Waals surface area contributed by atoms with E-state index in [9.17, 15) is 14.4 Å². The van der Waals surface area contributed by atoms with Crippen molar-refractivity contribution in [2.45, 2.75) is 45.6 Å². The van der Waals surface area contributed by atoms with Crippen molar-refractivity contribution < 1.29 is 18.8 Å². The molecule has 2 unspecified atom stereocenters. The number of fused-ring (bicyclic) bond motifs is 1. The number of aryl methyl sites for hydroxylation is 1. The highest BCUT2D eigenvalue weighted by Gasteiger charge is 2.53. The molecule has 1 fully saturated rings. The maximum absolute atomic E-state index is 13.0. The van der Waals surface area contributed by atoms with Gasteiger partial charge in [0.2, 0.25) is 5.78 Å². The van der Waals surface area contributed by atoms with Crippen molar-refractivity contribution in [1.82, 2.24) is 9.97 Å². The summed E-state index contributed by atoms with van der Waals surface area (Å²) < 4.78 is 5.78. The molecular weight excluding hydrogens is 370 g/mol. The Labute approximate surface area is 168 Å². The van der Waals surface area contributed by atoms with Crippen LogP contribution in [0.3, 0.4) is 0 Å². The van der Waals surface area contributed by atoms with Gasteiger partial charge in [0.1, 0.15) is 29.3 Å². The number of unbranched alkanes of at least 4 members (excludes halogenated alkanes) is 2. The van der Waals surface area contributed by atoms with Crippen LogP contribution < -0.4 is 4.90 Å². The number of amides is 1. The number of imidazole rings is 1. The lowest BCUT2D eigenvalue weighted by atomic mass is 9.89. The minimum Gasteiger partial charge on any atom is -0.464 e. The van der Waals surface area contributed by atoms with Crippen LogP contribution in [-0.2, 0) is 14.4 Å². The number of nitrogens with one attached hydrogen (secondary N) is 1. The molecule has 0 spiro atoms. The molecular formula is C22H23N3O4. The third-order valence-electron chi connectivity index (χ3n) is 5.41. The minimum absolute atomic E-state index is 0.207. The van der Waals surface area contributed by atoms with E-state index in [0.717, 1.165) is 23.9 Å². The topological polar surface area (TPSA) is 96.3 Å². The fraction of sp³-hybridized carbons (Fsp3) is 0.364. The largest absolute Gasteiger partial charge is 0.464 e. The summed E-state index contributed by atoms with van der Waals surface area (Å²) >= 11 is 0. The molecule has 2 atom stereocenters. The first-order valence-corrected chi connectivity index (χ1v) is 9.91. The summed E-state index contributed by atoms with van der Waals surface area (Å²) in [5.74, 6) is -1.51. The van der Waals surface area contributed by atoms with E-state index in [2.05, 4.69) is 16.9 Å². The second-order valence-corrected chi connectivity index (χ2v) is 7.44. The molecule has 7 heteroatoms. The minimum atomic E-state index is -1.05. The summed E-state index contributed by atoms with van der Waals surface area (Å²) in [6, 6.07) is 8.01. The van der Waals surface area contributed by atoms with Gasteiger partial charge in [-0.1, -0.05) is 19.8 Å². The first kappa shape index (κ1) is 19.1. The van der Waals surface area contributed by atoms with Crippen molar-refractivity contribution in [3.63, 3.8) is 0 Å². The summed E-state index contributed by atoms with van der Waals surface area (Å²) in [5, 5.41) is 0. The lowest BCUT2D eigenvalue weighted by molar-refractivity contribution is -0.139. The van der Waals surface area contributed by atoms with Crippen LogP contribution in [0.4, 0.5) is 5.69 Å². The summed E-state index contributed by atoms with van der Waals surface area (Å²) in [5.41, 5.74) is 2.03. The Hall–Kier alpha value is -3.22. The van der Waals surface area contributed by atoms with E-state index in [4.69, 9.17) is 4.42 Å². The van der Waals surface area contributed by atoms with E-state index in [0.29, 0.717) is 23.6 Å². The zero-order valence-electron chi connectivity index (χ0n) is 16.5. The second kappa shape index (κ2) is 7.66. The van der Waals surface area contributed by atoms with Gasteiger partial charge < -0.3 is 9.40 Å². The fourth-order valence-corrected chi connectivity index (χ4v) is 3.95. The number of ketones is 2. The fourth-order valence-electron chi connectivity index (χ4n) is 3.95. The van der Waals surface area contributed by atoms with E-state index >= 15 is 0 Å². The summed E-state index contributed by atoms with van der Waals surface area (Å²) in [6.45, 7) is 3.84. The number of H-pyrrole nitrogens is 1. The van der Waals surface area contributed by atoms with Crippen LogP contribution in [0, 0.1) is 12.8 Å². The number of nitrogens with zero attached hydrogens (tertiary/aromatic N) is 2. The van der Waals surface area contributed by atoms with Gasteiger partial charge in [-0.15, -0.1) is 0 Å². The number of Topliss-reactive ketones (excluding diaryl/α,β-unsaturated/α-hetero) is 2. The molecule has 0 bridgehead atoms. The number of anilines is 1. The number of aromatic nitrogens is 2. The van der Waals surface area contributed by atoms with Crippen LogP contribution in [0.1, 0.15) is 50.2 Å². The number of aromatic amines is 1. The average molecular weight is 393 g/mol. The zero-order chi connectivity index (χ0) is 20.5. The highest BCUT2D eigenvalue weighted by Crippen LogP contribution is 2.41. The van der Waals surface area contributed by atoms with Gasteiger partial charge in [0.05, 0.1) is 17.4 Å². The van der Waals surface area contributed by atoms with Gasteiger partial charge in [0.25, 0.3) is 5.91 Å². The maximum atomic E-state index is 13.0. The van der Waals surface area contributed by atoms with Gasteiger partial charge in [0.15, 0.2) is 0 Å². The van der Waals surface area contributed by atoms with Crippen LogP contribution in [0.25, 0.3) is 11.0 Å². The number of benzene rings is 1. The van der Waals surface area contributed by atoms with Crippen molar-refractivity contribution >= 4 is 34.2 Å². The summed E-state index contributed by atoms with van der Waals surface area (Å²) in [7, 11) is 0. The molecule has 2 aromatic heterocycles. The van der Waals surface area contributed by atoms with Crippen LogP contribution in [0.5, 0.6) is 0 Å². The smallest absolute Gasteiger partial charge is 0.295 e. The van der Waals surface area contributed by atoms with Crippen LogP contribution in [-0.4, -0.2) is 27.4 Å². The van der Waals surface area contributed by atoms with Crippen molar-refractivity contribution in [3.05, 3.63) is 48.2 Å². The van der Waals surface area contributed by atoms with E-state index in [-0.39, 0.29) is 12.2 Å². The second-order valence-electron chi connectivity index (χ2n) is 7.44. The third kappa shape index (κ3) is 3.37. The van der Waals surface area contributed by atoms with Gasteiger partial charge in [-0.3, -0.25) is 19.3 Å². The average Bonchev–Trinajstić information content (AvgIpc) is 3.40. The van der Waals surface area contributed by atoms with Gasteiger partial charge in [-0.05, 0) is 43.7 Å². The van der Waals surface area contributed by atoms with E-state index in [1.165, 1.54) is 4.90 Å². The Morgan fingerprint density at radius 1 is 1.21 bits per heavy atom. The normalized spacial score (nSPS) is 19.4. The summed E-state index contributed by atoms with van der Waals surface area (Å²) in [6.07, 6.45) is 4.44. The number of rotatable bonds is 7. The lowest BCUT2D eigenvalue weighted by Gasteiger charge is -2.25. The molecule has 150 valence electrons. The van der Waals surface area contributed by atoms with Crippen molar-refractivity contribution in [3.8, 4) is 0 Å². The van der Waals surface area contributed by atoms with Crippen LogP contribution in [0.15, 0.2) is 41.1 Å². The number of furan rings is 1. The van der Waals surface area contributed by atoms with E-state index in [1.807, 2.05) is 0 Å². The van der Waals surface area contributed by atoms with Gasteiger partial charge in [0, 0.05) is 12.1 Å². The molecule has 0 radical (unpaired) electrons. The molecule has 1 aliphatic rings. The predicted molar refractivity (Wildman–Crippen MR) is 107 cm³/mol. The van der Waals surface area contributed by atoms with Crippen molar-refractivity contribution in [2.24, 2.45) is 5.92 Å². The highest BCUT2D eigenvalue weighted by molar-refractivity contribution is 6.48. The number of hydrogen-bond donors (Lipinski definition) is 1. The Morgan fingerprint density at radius 2 is 2.03 bits per heavy atom. The number of hydrogen-bond acceptors (Lipinski definition) is 5. The monoisotopic (exact) mass is 393 g/mol. The molecule has 3 aromatic rings. The summed E-state index contributed by atoms with van der Waals surface area (Å²) in [4.78, 5) is 47.4. The zero-order valence-corrected chi connectivity index (χ0v) is 16.5. The number of carbonyl (C=O) groups excluding carboxylic acids is 3. The molecule has 1 aromatic carbocycles. The standard InChI is InChI=1S/C22H23N3O4/c1-3-4-5-6-17(26)19-20(18-10-7-13(2)29-18)25(22(28)21(19)27)14-8-9-15-16(11-14)24-12-23-15/h7-12,19-20H,3-6H2,1-2H3,(H,23,24). The Bertz CT molecular complexity index is 1080. The quantitative estimate of drug-likeness (QED) is 0.373. The molecule has 1 aliphatic heterocycles. The molecule has 4 rings (SSSR count). The predicted octanol–water partition coefficient (Wildman–Crippen LogP) is 3.89. The third-order valence-corrected chi connectivity index (χ3v) is 5.41. The molecule has 1 amide bonds. The van der Waals surface area contributed by atoms with Crippen LogP contribution in [0.2, 0.25) is 0 Å². The van der Waals surface area contributed by atoms with Gasteiger partial charge in [-0.2, -0.15) is 0 Å². The Kier molecular flexibility index (Phi) is 5.05. The number of carbonyl (C=O) groups is 3. The molecule has 29 heavy (non-hydrogen) atoms. The molecule has 0 saturated carbocycles. The molecule has 1 N–H and O–H groups in total. The van der Waals surface area contributed by atoms with E-state index < -0.39 is 23.7 Å². The van der Waals surface area contributed by atoms with E-state index in [1.54, 1.807) is 43.6 Å². The molecule has 3 heterocycles.